The normalized spacial score (nSPS) is 10.8. The van der Waals surface area contributed by atoms with Crippen LogP contribution < -0.4 is 10.6 Å². The molecule has 0 saturated heterocycles. The Morgan fingerprint density at radius 1 is 0.818 bits per heavy atom. The molecule has 0 saturated carbocycles. The van der Waals surface area contributed by atoms with Crippen LogP contribution in [-0.2, 0) is 6.54 Å². The number of rotatable bonds is 6. The van der Waals surface area contributed by atoms with Crippen LogP contribution in [0.25, 0.3) is 22.4 Å². The van der Waals surface area contributed by atoms with Gasteiger partial charge in [-0.3, -0.25) is 4.79 Å². The minimum atomic E-state index is -0.112. The Morgan fingerprint density at radius 2 is 1.52 bits per heavy atom. The van der Waals surface area contributed by atoms with E-state index in [9.17, 15) is 4.79 Å². The second-order valence-corrected chi connectivity index (χ2v) is 8.05. The molecule has 0 unspecified atom stereocenters. The summed E-state index contributed by atoms with van der Waals surface area (Å²) in [5.41, 5.74) is 7.75. The monoisotopic (exact) mass is 432 g/mol. The maximum atomic E-state index is 12.5. The summed E-state index contributed by atoms with van der Waals surface area (Å²) in [6.45, 7) is 2.69. The minimum absolute atomic E-state index is 0.112. The van der Waals surface area contributed by atoms with Crippen LogP contribution >= 0.6 is 0 Å². The topological polar surface area (TPSA) is 69.8 Å². The number of nitrogens with one attached hydrogen (secondary N) is 3. The molecule has 0 fully saturated rings. The van der Waals surface area contributed by atoms with Crippen molar-refractivity contribution in [2.45, 2.75) is 13.5 Å². The number of hydrogen-bond acceptors (Lipinski definition) is 3. The minimum Gasteiger partial charge on any atom is -0.381 e. The highest BCUT2D eigenvalue weighted by Gasteiger charge is 2.07. The van der Waals surface area contributed by atoms with Crippen LogP contribution in [0.3, 0.4) is 0 Å². The SMILES string of the molecule is Cc1ccc(NC(=O)c2ccc(CNc3ccc(-c4nc5ccccc5[nH]4)cc3)cc2)cc1. The van der Waals surface area contributed by atoms with Crippen LogP contribution in [0.15, 0.2) is 97.1 Å². The standard InChI is InChI=1S/C28H24N4O/c1-19-6-14-24(15-7-19)30-28(33)22-10-8-20(9-11-22)18-29-23-16-12-21(13-17-23)27-31-25-4-2-3-5-26(25)32-27/h2-17,29H,18H2,1H3,(H,30,33)(H,31,32). The number of benzene rings is 4. The van der Waals surface area contributed by atoms with Gasteiger partial charge >= 0.3 is 0 Å². The highest BCUT2D eigenvalue weighted by Crippen LogP contribution is 2.22. The second kappa shape index (κ2) is 9.01. The van der Waals surface area contributed by atoms with Crippen LogP contribution in [0.5, 0.6) is 0 Å². The lowest BCUT2D eigenvalue weighted by atomic mass is 10.1. The maximum Gasteiger partial charge on any atom is 0.255 e. The number of aromatic amines is 1. The number of H-pyrrole nitrogens is 1. The van der Waals surface area contributed by atoms with Crippen LogP contribution in [0.2, 0.25) is 0 Å². The number of hydrogen-bond donors (Lipinski definition) is 3. The van der Waals surface area contributed by atoms with Crippen LogP contribution in [0.4, 0.5) is 11.4 Å². The summed E-state index contributed by atoms with van der Waals surface area (Å²) in [7, 11) is 0. The number of fused-ring (bicyclic) bond motifs is 1. The van der Waals surface area contributed by atoms with Gasteiger partial charge < -0.3 is 15.6 Å². The van der Waals surface area contributed by atoms with E-state index in [1.165, 1.54) is 0 Å². The second-order valence-electron chi connectivity index (χ2n) is 8.05. The van der Waals surface area contributed by atoms with E-state index < -0.39 is 0 Å². The molecule has 1 aromatic heterocycles. The molecule has 5 nitrogen and oxygen atoms in total. The number of anilines is 2. The smallest absolute Gasteiger partial charge is 0.255 e. The molecule has 0 atom stereocenters. The third-order valence-corrected chi connectivity index (χ3v) is 5.57. The highest BCUT2D eigenvalue weighted by atomic mass is 16.1. The predicted octanol–water partition coefficient (Wildman–Crippen LogP) is 6.40. The van der Waals surface area contributed by atoms with Crippen LogP contribution in [0.1, 0.15) is 21.5 Å². The predicted molar refractivity (Wildman–Crippen MR) is 134 cm³/mol. The van der Waals surface area contributed by atoms with Crippen molar-refractivity contribution in [3.05, 3.63) is 114 Å². The van der Waals surface area contributed by atoms with E-state index in [1.54, 1.807) is 0 Å². The fourth-order valence-corrected chi connectivity index (χ4v) is 3.65. The van der Waals surface area contributed by atoms with Gasteiger partial charge in [-0.15, -0.1) is 0 Å². The first-order valence-corrected chi connectivity index (χ1v) is 10.9. The lowest BCUT2D eigenvalue weighted by Crippen LogP contribution is -2.12. The number of imidazole rings is 1. The molecule has 33 heavy (non-hydrogen) atoms. The van der Waals surface area contributed by atoms with Gasteiger partial charge in [0.1, 0.15) is 5.82 Å². The van der Waals surface area contributed by atoms with Crippen LogP contribution in [0, 0.1) is 6.92 Å². The molecule has 0 spiro atoms. The van der Waals surface area contributed by atoms with E-state index in [4.69, 9.17) is 0 Å². The number of amides is 1. The molecule has 5 aromatic rings. The average molecular weight is 433 g/mol. The van der Waals surface area contributed by atoms with Gasteiger partial charge in [-0.2, -0.15) is 0 Å². The largest absolute Gasteiger partial charge is 0.381 e. The molecular formula is C28H24N4O. The fourth-order valence-electron chi connectivity index (χ4n) is 3.65. The van der Waals surface area contributed by atoms with Crippen molar-refractivity contribution in [3.8, 4) is 11.4 Å². The van der Waals surface area contributed by atoms with Gasteiger partial charge in [0.15, 0.2) is 0 Å². The van der Waals surface area contributed by atoms with Gasteiger partial charge in [-0.1, -0.05) is 42.0 Å². The van der Waals surface area contributed by atoms with Crippen LogP contribution in [-0.4, -0.2) is 15.9 Å². The zero-order valence-corrected chi connectivity index (χ0v) is 18.3. The first-order chi connectivity index (χ1) is 16.1. The molecule has 0 bridgehead atoms. The summed E-state index contributed by atoms with van der Waals surface area (Å²) in [4.78, 5) is 20.5. The Labute approximate surface area is 192 Å². The van der Waals surface area contributed by atoms with Crippen molar-refractivity contribution in [3.63, 3.8) is 0 Å². The number of aryl methyl sites for hydroxylation is 1. The van der Waals surface area contributed by atoms with Gasteiger partial charge in [-0.05, 0) is 73.2 Å². The Hall–Kier alpha value is -4.38. The van der Waals surface area contributed by atoms with Crippen molar-refractivity contribution in [2.75, 3.05) is 10.6 Å². The molecule has 0 aliphatic rings. The third-order valence-electron chi connectivity index (χ3n) is 5.57. The summed E-state index contributed by atoms with van der Waals surface area (Å²) < 4.78 is 0. The lowest BCUT2D eigenvalue weighted by molar-refractivity contribution is 0.102. The molecule has 4 aromatic carbocycles. The highest BCUT2D eigenvalue weighted by molar-refractivity contribution is 6.04. The molecule has 1 amide bonds. The number of aromatic nitrogens is 2. The van der Waals surface area contributed by atoms with E-state index in [0.717, 1.165) is 44.9 Å². The van der Waals surface area contributed by atoms with E-state index in [-0.39, 0.29) is 5.91 Å². The Bertz CT molecular complexity index is 1350. The first-order valence-electron chi connectivity index (χ1n) is 10.9. The van der Waals surface area contributed by atoms with Gasteiger partial charge in [0.2, 0.25) is 0 Å². The third kappa shape index (κ3) is 4.77. The van der Waals surface area contributed by atoms with E-state index in [1.807, 2.05) is 91.9 Å². The zero-order valence-electron chi connectivity index (χ0n) is 18.3. The number of para-hydroxylation sites is 2. The number of carbonyl (C=O) groups excluding carboxylic acids is 1. The summed E-state index contributed by atoms with van der Waals surface area (Å²) in [5, 5.41) is 6.36. The molecule has 162 valence electrons. The fraction of sp³-hybridized carbons (Fsp3) is 0.0714. The van der Waals surface area contributed by atoms with Gasteiger partial charge in [-0.25, -0.2) is 4.98 Å². The summed E-state index contributed by atoms with van der Waals surface area (Å²) in [6, 6.07) is 31.6. The molecule has 0 aliphatic carbocycles. The number of carbonyl (C=O) groups is 1. The Morgan fingerprint density at radius 3 is 2.24 bits per heavy atom. The molecule has 3 N–H and O–H groups in total. The van der Waals surface area contributed by atoms with E-state index >= 15 is 0 Å². The van der Waals surface area contributed by atoms with Crippen molar-refractivity contribution >= 4 is 28.3 Å². The molecule has 0 radical (unpaired) electrons. The van der Waals surface area contributed by atoms with Crippen molar-refractivity contribution in [1.29, 1.82) is 0 Å². The van der Waals surface area contributed by atoms with Crippen molar-refractivity contribution in [2.24, 2.45) is 0 Å². The average Bonchev–Trinajstić information content (AvgIpc) is 3.29. The van der Waals surface area contributed by atoms with Crippen molar-refractivity contribution in [1.82, 2.24) is 9.97 Å². The summed E-state index contributed by atoms with van der Waals surface area (Å²) >= 11 is 0. The van der Waals surface area contributed by atoms with Gasteiger partial charge in [0, 0.05) is 29.0 Å². The molecule has 1 heterocycles. The molecule has 0 aliphatic heterocycles. The van der Waals surface area contributed by atoms with E-state index in [0.29, 0.717) is 12.1 Å². The number of nitrogens with zero attached hydrogens (tertiary/aromatic N) is 1. The molecular weight excluding hydrogens is 408 g/mol. The summed E-state index contributed by atoms with van der Waals surface area (Å²) in [6.07, 6.45) is 0. The van der Waals surface area contributed by atoms with Gasteiger partial charge in [0.25, 0.3) is 5.91 Å². The Kier molecular flexibility index (Phi) is 5.60. The molecule has 5 heteroatoms. The van der Waals surface area contributed by atoms with E-state index in [2.05, 4.69) is 32.7 Å². The summed E-state index contributed by atoms with van der Waals surface area (Å²) in [5.74, 6) is 0.752. The quantitative estimate of drug-likeness (QED) is 0.291. The molecule has 5 rings (SSSR count). The first kappa shape index (κ1) is 20.5. The lowest BCUT2D eigenvalue weighted by Gasteiger charge is -2.09. The maximum absolute atomic E-state index is 12.5. The Balaban J connectivity index is 1.19. The zero-order chi connectivity index (χ0) is 22.6. The van der Waals surface area contributed by atoms with Gasteiger partial charge in [0.05, 0.1) is 11.0 Å². The van der Waals surface area contributed by atoms with Crippen molar-refractivity contribution < 1.29 is 4.79 Å².